The maximum Gasteiger partial charge on any atom is 0.355 e. The van der Waals surface area contributed by atoms with Crippen LogP contribution in [-0.4, -0.2) is 11.2 Å². The van der Waals surface area contributed by atoms with Gasteiger partial charge in [-0.15, -0.1) is 11.8 Å². The summed E-state index contributed by atoms with van der Waals surface area (Å²) in [5.41, 5.74) is -0.266. The molecule has 0 aliphatic heterocycles. The zero-order chi connectivity index (χ0) is 14.7. The number of non-ortho nitro benzene ring substituents is 1. The minimum absolute atomic E-state index is 0.0387. The van der Waals surface area contributed by atoms with Gasteiger partial charge < -0.3 is 4.42 Å². The van der Waals surface area contributed by atoms with E-state index in [1.165, 1.54) is 36.0 Å². The van der Waals surface area contributed by atoms with Gasteiger partial charge >= 0.3 is 5.63 Å². The molecule has 7 heteroatoms. The first-order valence-corrected chi connectivity index (χ1v) is 6.66. The second-order valence-electron chi connectivity index (χ2n) is 3.76. The number of nitro groups is 1. The van der Waals surface area contributed by atoms with Crippen LogP contribution < -0.4 is 5.63 Å². The van der Waals surface area contributed by atoms with Crippen LogP contribution in [0.2, 0.25) is 0 Å². The fourth-order valence-electron chi connectivity index (χ4n) is 1.62. The minimum Gasteiger partial charge on any atom is -0.422 e. The predicted molar refractivity (Wildman–Crippen MR) is 73.6 cm³/mol. The predicted octanol–water partition coefficient (Wildman–Crippen LogP) is 2.81. The van der Waals surface area contributed by atoms with Crippen molar-refractivity contribution in [2.75, 3.05) is 6.26 Å². The summed E-state index contributed by atoms with van der Waals surface area (Å²) in [6, 6.07) is 9.01. The van der Waals surface area contributed by atoms with E-state index in [2.05, 4.69) is 0 Å². The van der Waals surface area contributed by atoms with Crippen molar-refractivity contribution in [3.63, 3.8) is 0 Å². The number of nitrogens with zero attached hydrogens (tertiary/aromatic N) is 2. The summed E-state index contributed by atoms with van der Waals surface area (Å²) in [5.74, 6) is 0.272. The quantitative estimate of drug-likeness (QED) is 0.489. The monoisotopic (exact) mass is 288 g/mol. The Morgan fingerprint density at radius 3 is 2.50 bits per heavy atom. The second-order valence-corrected chi connectivity index (χ2v) is 4.61. The van der Waals surface area contributed by atoms with Crippen molar-refractivity contribution >= 4 is 17.4 Å². The van der Waals surface area contributed by atoms with Crippen molar-refractivity contribution in [1.29, 1.82) is 5.26 Å². The van der Waals surface area contributed by atoms with E-state index in [4.69, 9.17) is 9.68 Å². The van der Waals surface area contributed by atoms with Gasteiger partial charge in [-0.25, -0.2) is 4.79 Å². The summed E-state index contributed by atoms with van der Waals surface area (Å²) < 4.78 is 5.07. The van der Waals surface area contributed by atoms with Crippen LogP contribution in [0.15, 0.2) is 44.4 Å². The molecule has 0 amide bonds. The van der Waals surface area contributed by atoms with E-state index in [1.807, 2.05) is 0 Å². The first kappa shape index (κ1) is 13.8. The van der Waals surface area contributed by atoms with Crippen LogP contribution in [0.3, 0.4) is 0 Å². The molecule has 2 rings (SSSR count). The van der Waals surface area contributed by atoms with Crippen molar-refractivity contribution in [1.82, 2.24) is 0 Å². The van der Waals surface area contributed by atoms with Crippen LogP contribution in [0.25, 0.3) is 11.3 Å². The normalized spacial score (nSPS) is 10.0. The Hall–Kier alpha value is -2.59. The van der Waals surface area contributed by atoms with Gasteiger partial charge in [-0.05, 0) is 24.5 Å². The molecule has 0 aliphatic rings. The van der Waals surface area contributed by atoms with Gasteiger partial charge in [0.1, 0.15) is 11.8 Å². The summed E-state index contributed by atoms with van der Waals surface area (Å²) in [6.07, 6.45) is 1.75. The van der Waals surface area contributed by atoms with Crippen LogP contribution in [0, 0.1) is 21.4 Å². The van der Waals surface area contributed by atoms with Crippen LogP contribution >= 0.6 is 11.8 Å². The van der Waals surface area contributed by atoms with E-state index in [-0.39, 0.29) is 17.0 Å². The standard InChI is InChI=1S/C13H8N2O4S/c1-20-12-6-11(19-13(16)10(12)7-14)8-2-4-9(5-3-8)15(17)18/h2-6H,1H3. The highest BCUT2D eigenvalue weighted by Crippen LogP contribution is 2.26. The molecular weight excluding hydrogens is 280 g/mol. The van der Waals surface area contributed by atoms with E-state index in [0.717, 1.165) is 0 Å². The first-order valence-electron chi connectivity index (χ1n) is 5.44. The van der Waals surface area contributed by atoms with Gasteiger partial charge in [-0.1, -0.05) is 0 Å². The zero-order valence-electron chi connectivity index (χ0n) is 10.3. The number of nitro benzene ring substituents is 1. The molecule has 20 heavy (non-hydrogen) atoms. The lowest BCUT2D eigenvalue weighted by atomic mass is 10.1. The summed E-state index contributed by atoms with van der Waals surface area (Å²) in [4.78, 5) is 22.3. The Labute approximate surface area is 117 Å². The maximum absolute atomic E-state index is 11.7. The van der Waals surface area contributed by atoms with Crippen molar-refractivity contribution < 1.29 is 9.34 Å². The molecule has 0 fully saturated rings. The molecule has 0 bridgehead atoms. The van der Waals surface area contributed by atoms with Crippen molar-refractivity contribution in [3.8, 4) is 17.4 Å². The molecule has 2 aromatic rings. The molecule has 0 N–H and O–H groups in total. The van der Waals surface area contributed by atoms with Crippen molar-refractivity contribution in [3.05, 3.63) is 56.4 Å². The molecule has 6 nitrogen and oxygen atoms in total. The molecule has 0 unspecified atom stereocenters. The average Bonchev–Trinajstić information content (AvgIpc) is 2.46. The van der Waals surface area contributed by atoms with E-state index in [1.54, 1.807) is 18.4 Å². The number of thioether (sulfide) groups is 1. The van der Waals surface area contributed by atoms with E-state index in [0.29, 0.717) is 10.5 Å². The first-order chi connectivity index (χ1) is 9.56. The third-order valence-corrected chi connectivity index (χ3v) is 3.37. The Morgan fingerprint density at radius 2 is 2.00 bits per heavy atom. The highest BCUT2D eigenvalue weighted by atomic mass is 32.2. The molecule has 100 valence electrons. The van der Waals surface area contributed by atoms with Gasteiger partial charge in [0.05, 0.1) is 4.92 Å². The lowest BCUT2D eigenvalue weighted by molar-refractivity contribution is -0.384. The molecular formula is C13H8N2O4S. The summed E-state index contributed by atoms with van der Waals surface area (Å²) in [7, 11) is 0. The Balaban J connectivity index is 2.54. The Kier molecular flexibility index (Phi) is 3.86. The number of hydrogen-bond donors (Lipinski definition) is 0. The van der Waals surface area contributed by atoms with Crippen molar-refractivity contribution in [2.24, 2.45) is 0 Å². The number of hydrogen-bond acceptors (Lipinski definition) is 6. The zero-order valence-corrected chi connectivity index (χ0v) is 11.1. The number of nitriles is 1. The fraction of sp³-hybridized carbons (Fsp3) is 0.0769. The maximum atomic E-state index is 11.7. The van der Waals surface area contributed by atoms with E-state index >= 15 is 0 Å². The number of benzene rings is 1. The van der Waals surface area contributed by atoms with Crippen LogP contribution in [0.1, 0.15) is 5.56 Å². The largest absolute Gasteiger partial charge is 0.422 e. The second kappa shape index (κ2) is 5.59. The minimum atomic E-state index is -0.715. The SMILES string of the molecule is CSc1cc(-c2ccc([N+](=O)[O-])cc2)oc(=O)c1C#N. The van der Waals surface area contributed by atoms with Crippen LogP contribution in [0.4, 0.5) is 5.69 Å². The smallest absolute Gasteiger partial charge is 0.355 e. The summed E-state index contributed by atoms with van der Waals surface area (Å²) >= 11 is 1.26. The van der Waals surface area contributed by atoms with Crippen molar-refractivity contribution in [2.45, 2.75) is 4.90 Å². The molecule has 0 atom stereocenters. The van der Waals surface area contributed by atoms with Gasteiger partial charge in [0.15, 0.2) is 5.56 Å². The third kappa shape index (κ3) is 2.55. The molecule has 1 aromatic heterocycles. The third-order valence-electron chi connectivity index (χ3n) is 2.61. The molecule has 1 aromatic carbocycles. The molecule has 0 saturated carbocycles. The fourth-order valence-corrected chi connectivity index (χ4v) is 2.18. The lowest BCUT2D eigenvalue weighted by Gasteiger charge is -2.03. The highest BCUT2D eigenvalue weighted by Gasteiger charge is 2.13. The summed E-state index contributed by atoms with van der Waals surface area (Å²) in [6.45, 7) is 0. The summed E-state index contributed by atoms with van der Waals surface area (Å²) in [5, 5.41) is 19.5. The Morgan fingerprint density at radius 1 is 1.35 bits per heavy atom. The van der Waals surface area contributed by atoms with Gasteiger partial charge in [0, 0.05) is 22.6 Å². The van der Waals surface area contributed by atoms with Gasteiger partial charge in [-0.3, -0.25) is 10.1 Å². The topological polar surface area (TPSA) is 97.1 Å². The lowest BCUT2D eigenvalue weighted by Crippen LogP contribution is -2.06. The molecule has 0 radical (unpaired) electrons. The van der Waals surface area contributed by atoms with Gasteiger partial charge in [0.25, 0.3) is 5.69 Å². The molecule has 0 saturated heterocycles. The average molecular weight is 288 g/mol. The van der Waals surface area contributed by atoms with E-state index in [9.17, 15) is 14.9 Å². The molecule has 1 heterocycles. The molecule has 0 aliphatic carbocycles. The molecule has 0 spiro atoms. The highest BCUT2D eigenvalue weighted by molar-refractivity contribution is 7.98. The van der Waals surface area contributed by atoms with E-state index < -0.39 is 10.5 Å². The van der Waals surface area contributed by atoms with Crippen LogP contribution in [-0.2, 0) is 0 Å². The van der Waals surface area contributed by atoms with Gasteiger partial charge in [0.2, 0.25) is 0 Å². The van der Waals surface area contributed by atoms with Crippen LogP contribution in [0.5, 0.6) is 0 Å². The Bertz CT molecular complexity index is 759. The number of rotatable bonds is 3. The van der Waals surface area contributed by atoms with Gasteiger partial charge in [-0.2, -0.15) is 5.26 Å².